The molecule has 0 atom stereocenters. The maximum atomic E-state index is 13.3. The number of rotatable bonds is 4. The van der Waals surface area contributed by atoms with Crippen LogP contribution in [0.1, 0.15) is 36.6 Å². The smallest absolute Gasteiger partial charge is 0.261 e. The lowest BCUT2D eigenvalue weighted by Crippen LogP contribution is -2.29. The molecule has 0 spiro atoms. The summed E-state index contributed by atoms with van der Waals surface area (Å²) in [6.07, 6.45) is 3.16. The average Bonchev–Trinajstić information content (AvgIpc) is 2.96. The number of benzene rings is 2. The van der Waals surface area contributed by atoms with Crippen LogP contribution in [0.2, 0.25) is 5.02 Å². The molecule has 6 nitrogen and oxygen atoms in total. The topological polar surface area (TPSA) is 79.4 Å². The van der Waals surface area contributed by atoms with Crippen molar-refractivity contribution in [1.29, 1.82) is 0 Å². The van der Waals surface area contributed by atoms with Gasteiger partial charge in [0.25, 0.3) is 17.7 Å². The minimum atomic E-state index is -0.597. The molecule has 4 rings (SSSR count). The van der Waals surface area contributed by atoms with E-state index in [0.29, 0.717) is 5.69 Å². The Balaban J connectivity index is 1.56. The van der Waals surface area contributed by atoms with Crippen LogP contribution >= 0.6 is 11.6 Å². The second kappa shape index (κ2) is 7.44. The van der Waals surface area contributed by atoms with Gasteiger partial charge >= 0.3 is 0 Å². The molecule has 0 saturated heterocycles. The van der Waals surface area contributed by atoms with Gasteiger partial charge in [-0.15, -0.1) is 0 Å². The van der Waals surface area contributed by atoms with Crippen molar-refractivity contribution in [2.24, 2.45) is 0 Å². The summed E-state index contributed by atoms with van der Waals surface area (Å²) in [4.78, 5) is 42.9. The summed E-state index contributed by atoms with van der Waals surface area (Å²) in [6.45, 7) is 0.116. The summed E-state index contributed by atoms with van der Waals surface area (Å²) in [5, 5.41) is 2.47. The number of fused-ring (bicyclic) bond motifs is 1. The molecule has 1 aromatic heterocycles. The number of carbonyl (C=O) groups is 3. The number of anilines is 1. The second-order valence-electron chi connectivity index (χ2n) is 6.40. The predicted molar refractivity (Wildman–Crippen MR) is 104 cm³/mol. The summed E-state index contributed by atoms with van der Waals surface area (Å²) in [6, 6.07) is 11.5. The third-order valence-corrected chi connectivity index (χ3v) is 4.79. The number of pyridine rings is 1. The van der Waals surface area contributed by atoms with Crippen molar-refractivity contribution < 1.29 is 18.8 Å². The number of aromatic nitrogens is 1. The molecule has 29 heavy (non-hydrogen) atoms. The van der Waals surface area contributed by atoms with Gasteiger partial charge in [-0.1, -0.05) is 11.6 Å². The Kier molecular flexibility index (Phi) is 4.82. The van der Waals surface area contributed by atoms with Crippen LogP contribution in [0.3, 0.4) is 0 Å². The highest BCUT2D eigenvalue weighted by atomic mass is 35.5. The quantitative estimate of drug-likeness (QED) is 0.662. The second-order valence-corrected chi connectivity index (χ2v) is 6.80. The van der Waals surface area contributed by atoms with Gasteiger partial charge in [-0.3, -0.25) is 24.3 Å². The molecule has 1 N–H and O–H groups in total. The standard InChI is InChI=1S/C21H13ClFN3O3/c22-17-10-14(2-4-18(17)23)25-19(27)13-1-3-15-16(9-13)21(29)26(20(15)28)11-12-5-7-24-8-6-12/h1-10H,11H2,(H,25,27). The molecule has 1 aliphatic rings. The van der Waals surface area contributed by atoms with E-state index < -0.39 is 23.5 Å². The van der Waals surface area contributed by atoms with Crippen molar-refractivity contribution in [3.05, 3.63) is 94.0 Å². The molecular formula is C21H13ClFN3O3. The van der Waals surface area contributed by atoms with Gasteiger partial charge in [0.05, 0.1) is 22.7 Å². The Morgan fingerprint density at radius 3 is 2.45 bits per heavy atom. The highest BCUT2D eigenvalue weighted by Gasteiger charge is 2.36. The van der Waals surface area contributed by atoms with Gasteiger partial charge < -0.3 is 5.32 Å². The number of nitrogens with one attached hydrogen (secondary N) is 1. The summed E-state index contributed by atoms with van der Waals surface area (Å²) >= 11 is 5.72. The molecule has 0 aliphatic carbocycles. The van der Waals surface area contributed by atoms with Gasteiger partial charge in [0, 0.05) is 23.6 Å². The zero-order valence-corrected chi connectivity index (χ0v) is 15.6. The third-order valence-electron chi connectivity index (χ3n) is 4.50. The number of halogens is 2. The Bertz CT molecular complexity index is 1150. The van der Waals surface area contributed by atoms with Crippen LogP contribution in [0.25, 0.3) is 0 Å². The van der Waals surface area contributed by atoms with Crippen molar-refractivity contribution in [1.82, 2.24) is 9.88 Å². The highest BCUT2D eigenvalue weighted by molar-refractivity contribution is 6.31. The zero-order valence-electron chi connectivity index (χ0n) is 14.9. The molecule has 0 saturated carbocycles. The van der Waals surface area contributed by atoms with Gasteiger partial charge in [0.15, 0.2) is 0 Å². The third kappa shape index (κ3) is 3.60. The van der Waals surface area contributed by atoms with Crippen molar-refractivity contribution in [2.45, 2.75) is 6.54 Å². The van der Waals surface area contributed by atoms with Gasteiger partial charge in [-0.2, -0.15) is 0 Å². The van der Waals surface area contributed by atoms with E-state index in [1.54, 1.807) is 24.5 Å². The van der Waals surface area contributed by atoms with Crippen molar-refractivity contribution in [3.8, 4) is 0 Å². The van der Waals surface area contributed by atoms with E-state index in [1.807, 2.05) is 0 Å². The van der Waals surface area contributed by atoms with E-state index in [0.717, 1.165) is 16.5 Å². The molecule has 0 fully saturated rings. The number of amides is 3. The summed E-state index contributed by atoms with van der Waals surface area (Å²) in [7, 11) is 0. The molecule has 8 heteroatoms. The zero-order chi connectivity index (χ0) is 20.5. The van der Waals surface area contributed by atoms with E-state index in [4.69, 9.17) is 11.6 Å². The number of hydrogen-bond donors (Lipinski definition) is 1. The lowest BCUT2D eigenvalue weighted by molar-refractivity contribution is 0.0642. The van der Waals surface area contributed by atoms with Crippen molar-refractivity contribution in [3.63, 3.8) is 0 Å². The molecule has 2 heterocycles. The fourth-order valence-corrected chi connectivity index (χ4v) is 3.20. The van der Waals surface area contributed by atoms with Gasteiger partial charge in [-0.05, 0) is 54.1 Å². The number of imide groups is 1. The number of carbonyl (C=O) groups excluding carboxylic acids is 3. The van der Waals surface area contributed by atoms with Crippen LogP contribution in [0.15, 0.2) is 60.9 Å². The monoisotopic (exact) mass is 409 g/mol. The van der Waals surface area contributed by atoms with Crippen LogP contribution in [-0.2, 0) is 6.54 Å². The molecule has 0 radical (unpaired) electrons. The Labute approximate surface area is 169 Å². The van der Waals surface area contributed by atoms with Crippen LogP contribution in [0.4, 0.5) is 10.1 Å². The maximum Gasteiger partial charge on any atom is 0.261 e. The first-order chi connectivity index (χ1) is 13.9. The van der Waals surface area contributed by atoms with Gasteiger partial charge in [-0.25, -0.2) is 4.39 Å². The fourth-order valence-electron chi connectivity index (χ4n) is 3.02. The van der Waals surface area contributed by atoms with Crippen LogP contribution in [0.5, 0.6) is 0 Å². The van der Waals surface area contributed by atoms with Crippen LogP contribution < -0.4 is 5.32 Å². The minimum absolute atomic E-state index is 0.116. The van der Waals surface area contributed by atoms with E-state index in [2.05, 4.69) is 10.3 Å². The lowest BCUT2D eigenvalue weighted by atomic mass is 10.1. The molecule has 3 aromatic rings. The van der Waals surface area contributed by atoms with Crippen LogP contribution in [-0.4, -0.2) is 27.6 Å². The first kappa shape index (κ1) is 18.8. The molecule has 0 bridgehead atoms. The first-order valence-electron chi connectivity index (χ1n) is 8.59. The van der Waals surface area contributed by atoms with E-state index >= 15 is 0 Å². The normalized spacial score (nSPS) is 12.8. The van der Waals surface area contributed by atoms with Gasteiger partial charge in [0.2, 0.25) is 0 Å². The van der Waals surface area contributed by atoms with Crippen molar-refractivity contribution >= 4 is 35.0 Å². The summed E-state index contributed by atoms with van der Waals surface area (Å²) < 4.78 is 13.3. The highest BCUT2D eigenvalue weighted by Crippen LogP contribution is 2.26. The molecule has 144 valence electrons. The van der Waals surface area contributed by atoms with E-state index in [9.17, 15) is 18.8 Å². The molecule has 1 aliphatic heterocycles. The van der Waals surface area contributed by atoms with E-state index in [1.165, 1.54) is 30.3 Å². The fraction of sp³-hybridized carbons (Fsp3) is 0.0476. The largest absolute Gasteiger partial charge is 0.322 e. The molecule has 0 unspecified atom stereocenters. The maximum absolute atomic E-state index is 13.3. The predicted octanol–water partition coefficient (Wildman–Crippen LogP) is 3.92. The lowest BCUT2D eigenvalue weighted by Gasteiger charge is -2.13. The Morgan fingerprint density at radius 2 is 1.72 bits per heavy atom. The SMILES string of the molecule is O=C(Nc1ccc(F)c(Cl)c1)c1ccc2c(c1)C(=O)N(Cc1ccncc1)C2=O. The molecule has 3 amide bonds. The number of hydrogen-bond acceptors (Lipinski definition) is 4. The molecular weight excluding hydrogens is 397 g/mol. The van der Waals surface area contributed by atoms with Gasteiger partial charge in [0.1, 0.15) is 5.82 Å². The minimum Gasteiger partial charge on any atom is -0.322 e. The average molecular weight is 410 g/mol. The Hall–Kier alpha value is -3.58. The van der Waals surface area contributed by atoms with Crippen molar-refractivity contribution in [2.75, 3.05) is 5.32 Å². The first-order valence-corrected chi connectivity index (χ1v) is 8.97. The number of nitrogens with zero attached hydrogens (tertiary/aromatic N) is 2. The Morgan fingerprint density at radius 1 is 1.00 bits per heavy atom. The molecule has 2 aromatic carbocycles. The van der Waals surface area contributed by atoms with E-state index in [-0.39, 0.29) is 28.3 Å². The summed E-state index contributed by atoms with van der Waals surface area (Å²) in [5.41, 5.74) is 1.67. The summed E-state index contributed by atoms with van der Waals surface area (Å²) in [5.74, 6) is -2.00. The van der Waals surface area contributed by atoms with Crippen LogP contribution in [0, 0.1) is 5.82 Å².